The molecule has 0 amide bonds. The average Bonchev–Trinajstić information content (AvgIpc) is 2.61. The number of esters is 1. The third kappa shape index (κ3) is 2.59. The van der Waals surface area contributed by atoms with E-state index < -0.39 is 36.0 Å². The maximum Gasteiger partial charge on any atom is 0.334 e. The first kappa shape index (κ1) is 14.7. The van der Waals surface area contributed by atoms with Crippen molar-refractivity contribution in [2.45, 2.75) is 38.6 Å². The molecule has 0 aromatic rings. The van der Waals surface area contributed by atoms with Crippen molar-refractivity contribution in [2.75, 3.05) is 0 Å². The first-order valence-electron chi connectivity index (χ1n) is 6.46. The standard InChI is InChI=1S/C15H18O5/c1-7-4-10(16)6-8(2)13(17)14(18)12-9(3)15(19)20-11(12)5-7/h5-6,10-13,16-17H,3-4H2,1-2H3/b7-5+,8-6+/t10-,11+,12+,13-/m0/s1. The molecule has 0 aromatic carbocycles. The van der Waals surface area contributed by atoms with Crippen LogP contribution in [0.15, 0.2) is 35.5 Å². The van der Waals surface area contributed by atoms with Gasteiger partial charge in [0, 0.05) is 5.57 Å². The van der Waals surface area contributed by atoms with Crippen molar-refractivity contribution >= 4 is 11.8 Å². The molecule has 0 spiro atoms. The minimum absolute atomic E-state index is 0.0667. The van der Waals surface area contributed by atoms with Crippen LogP contribution in [-0.2, 0) is 14.3 Å². The Labute approximate surface area is 117 Å². The van der Waals surface area contributed by atoms with E-state index in [2.05, 4.69) is 6.58 Å². The van der Waals surface area contributed by atoms with Crippen LogP contribution in [0.2, 0.25) is 0 Å². The van der Waals surface area contributed by atoms with E-state index in [-0.39, 0.29) is 5.57 Å². The second-order valence-electron chi connectivity index (χ2n) is 5.37. The molecular formula is C15H18O5. The number of fused-ring (bicyclic) bond motifs is 1. The van der Waals surface area contributed by atoms with E-state index in [9.17, 15) is 19.8 Å². The van der Waals surface area contributed by atoms with Gasteiger partial charge in [-0.15, -0.1) is 0 Å². The van der Waals surface area contributed by atoms with Gasteiger partial charge in [-0.05, 0) is 31.9 Å². The van der Waals surface area contributed by atoms with E-state index in [1.54, 1.807) is 19.9 Å². The number of aliphatic hydroxyl groups excluding tert-OH is 2. The van der Waals surface area contributed by atoms with E-state index in [1.165, 1.54) is 6.08 Å². The van der Waals surface area contributed by atoms with Crippen molar-refractivity contribution in [3.8, 4) is 0 Å². The second kappa shape index (κ2) is 5.34. The Hall–Kier alpha value is -1.72. The molecule has 0 radical (unpaired) electrons. The van der Waals surface area contributed by atoms with E-state index in [0.29, 0.717) is 12.0 Å². The maximum atomic E-state index is 12.3. The van der Waals surface area contributed by atoms with Crippen LogP contribution in [0.5, 0.6) is 0 Å². The summed E-state index contributed by atoms with van der Waals surface area (Å²) in [5.41, 5.74) is 1.24. The molecular weight excluding hydrogens is 260 g/mol. The zero-order valence-electron chi connectivity index (χ0n) is 11.5. The van der Waals surface area contributed by atoms with Crippen LogP contribution < -0.4 is 0 Å². The van der Waals surface area contributed by atoms with Crippen LogP contribution in [0.1, 0.15) is 20.3 Å². The monoisotopic (exact) mass is 278 g/mol. The molecule has 1 aliphatic heterocycles. The van der Waals surface area contributed by atoms with Crippen LogP contribution >= 0.6 is 0 Å². The Bertz CT molecular complexity index is 528. The van der Waals surface area contributed by atoms with E-state index in [0.717, 1.165) is 5.57 Å². The van der Waals surface area contributed by atoms with Gasteiger partial charge in [0.1, 0.15) is 12.2 Å². The molecule has 0 unspecified atom stereocenters. The van der Waals surface area contributed by atoms with Gasteiger partial charge in [-0.1, -0.05) is 18.2 Å². The van der Waals surface area contributed by atoms with Crippen LogP contribution in [0.25, 0.3) is 0 Å². The van der Waals surface area contributed by atoms with Gasteiger partial charge in [-0.2, -0.15) is 0 Å². The van der Waals surface area contributed by atoms with Gasteiger partial charge in [-0.3, -0.25) is 4.79 Å². The highest BCUT2D eigenvalue weighted by Gasteiger charge is 2.44. The van der Waals surface area contributed by atoms with Crippen molar-refractivity contribution in [3.05, 3.63) is 35.5 Å². The van der Waals surface area contributed by atoms with Crippen molar-refractivity contribution in [1.29, 1.82) is 0 Å². The molecule has 108 valence electrons. The van der Waals surface area contributed by atoms with Gasteiger partial charge < -0.3 is 14.9 Å². The van der Waals surface area contributed by atoms with Gasteiger partial charge in [0.15, 0.2) is 5.78 Å². The molecule has 1 heterocycles. The summed E-state index contributed by atoms with van der Waals surface area (Å²) in [4.78, 5) is 23.9. The van der Waals surface area contributed by atoms with Gasteiger partial charge in [0.2, 0.25) is 0 Å². The highest BCUT2D eigenvalue weighted by Crippen LogP contribution is 2.32. The fraction of sp³-hybridized carbons (Fsp3) is 0.467. The Morgan fingerprint density at radius 3 is 2.55 bits per heavy atom. The minimum atomic E-state index is -1.37. The fourth-order valence-electron chi connectivity index (χ4n) is 2.58. The average molecular weight is 278 g/mol. The predicted octanol–water partition coefficient (Wildman–Crippen LogP) is 0.671. The summed E-state index contributed by atoms with van der Waals surface area (Å²) in [6, 6.07) is 0. The first-order valence-corrected chi connectivity index (χ1v) is 6.46. The van der Waals surface area contributed by atoms with Crippen LogP contribution in [0, 0.1) is 5.92 Å². The molecule has 0 aromatic heterocycles. The zero-order chi connectivity index (χ0) is 15.0. The molecule has 0 bridgehead atoms. The largest absolute Gasteiger partial charge is 0.454 e. The SMILES string of the molecule is C=C1C(=O)O[C@@H]2/C=C(\C)C[C@H](O)/C=C(\C)[C@H](O)C(=O)[C@H]12. The number of ketones is 1. The molecule has 5 heteroatoms. The summed E-state index contributed by atoms with van der Waals surface area (Å²) >= 11 is 0. The third-order valence-corrected chi connectivity index (χ3v) is 3.65. The van der Waals surface area contributed by atoms with E-state index >= 15 is 0 Å². The molecule has 5 nitrogen and oxygen atoms in total. The highest BCUT2D eigenvalue weighted by molar-refractivity contribution is 6.03. The predicted molar refractivity (Wildman–Crippen MR) is 71.7 cm³/mol. The lowest BCUT2D eigenvalue weighted by molar-refractivity contribution is -0.138. The summed E-state index contributed by atoms with van der Waals surface area (Å²) in [5, 5.41) is 19.9. The summed E-state index contributed by atoms with van der Waals surface area (Å²) < 4.78 is 5.12. The number of Topliss-reactive ketones (excluding diaryl/α,β-unsaturated/α-hetero) is 1. The Morgan fingerprint density at radius 2 is 1.90 bits per heavy atom. The van der Waals surface area contributed by atoms with Gasteiger partial charge >= 0.3 is 5.97 Å². The minimum Gasteiger partial charge on any atom is -0.454 e. The summed E-state index contributed by atoms with van der Waals surface area (Å²) in [5.74, 6) is -2.02. The quantitative estimate of drug-likeness (QED) is 0.386. The molecule has 20 heavy (non-hydrogen) atoms. The highest BCUT2D eigenvalue weighted by atomic mass is 16.6. The fourth-order valence-corrected chi connectivity index (χ4v) is 2.58. The maximum absolute atomic E-state index is 12.3. The van der Waals surface area contributed by atoms with E-state index in [4.69, 9.17) is 4.74 Å². The summed E-state index contributed by atoms with van der Waals surface area (Å²) in [6.07, 6.45) is 0.547. The Morgan fingerprint density at radius 1 is 1.25 bits per heavy atom. The lowest BCUT2D eigenvalue weighted by atomic mass is 9.85. The topological polar surface area (TPSA) is 83.8 Å². The lowest BCUT2D eigenvalue weighted by Gasteiger charge is -2.21. The van der Waals surface area contributed by atoms with Crippen LogP contribution in [-0.4, -0.2) is 40.3 Å². The van der Waals surface area contributed by atoms with Crippen molar-refractivity contribution in [3.63, 3.8) is 0 Å². The number of hydrogen-bond acceptors (Lipinski definition) is 5. The summed E-state index contributed by atoms with van der Waals surface area (Å²) in [7, 11) is 0. The Balaban J connectivity index is 2.46. The normalized spacial score (nSPS) is 40.3. The molecule has 2 aliphatic rings. The zero-order valence-corrected chi connectivity index (χ0v) is 11.5. The Kier molecular flexibility index (Phi) is 3.92. The number of carbonyl (C=O) groups is 2. The van der Waals surface area contributed by atoms with Gasteiger partial charge in [0.25, 0.3) is 0 Å². The number of hydrogen-bond donors (Lipinski definition) is 2. The number of aliphatic hydroxyl groups is 2. The van der Waals surface area contributed by atoms with Gasteiger partial charge in [0.05, 0.1) is 12.0 Å². The van der Waals surface area contributed by atoms with Crippen molar-refractivity contribution in [1.82, 2.24) is 0 Å². The smallest absolute Gasteiger partial charge is 0.334 e. The van der Waals surface area contributed by atoms with Crippen LogP contribution in [0.4, 0.5) is 0 Å². The third-order valence-electron chi connectivity index (χ3n) is 3.65. The molecule has 2 rings (SSSR count). The number of carbonyl (C=O) groups excluding carboxylic acids is 2. The first-order chi connectivity index (χ1) is 9.31. The molecule has 1 saturated heterocycles. The van der Waals surface area contributed by atoms with Crippen molar-refractivity contribution in [2.24, 2.45) is 5.92 Å². The molecule has 4 atom stereocenters. The number of ether oxygens (including phenoxy) is 1. The number of rotatable bonds is 0. The van der Waals surface area contributed by atoms with Crippen LogP contribution in [0.3, 0.4) is 0 Å². The molecule has 2 N–H and O–H groups in total. The molecule has 1 fully saturated rings. The summed E-state index contributed by atoms with van der Waals surface area (Å²) in [6.45, 7) is 6.95. The van der Waals surface area contributed by atoms with E-state index in [1.807, 2.05) is 0 Å². The van der Waals surface area contributed by atoms with Gasteiger partial charge in [-0.25, -0.2) is 4.79 Å². The lowest BCUT2D eigenvalue weighted by Crippen LogP contribution is -2.35. The van der Waals surface area contributed by atoms with Crippen molar-refractivity contribution < 1.29 is 24.5 Å². The second-order valence-corrected chi connectivity index (χ2v) is 5.37. The molecule has 1 aliphatic carbocycles. The molecule has 0 saturated carbocycles.